The summed E-state index contributed by atoms with van der Waals surface area (Å²) in [5.74, 6) is 0.690. The van der Waals surface area contributed by atoms with Crippen LogP contribution >= 0.6 is 11.6 Å². The van der Waals surface area contributed by atoms with Crippen LogP contribution in [-0.4, -0.2) is 41.1 Å². The molecular formula is C9H12ClN3O. The second-order valence-corrected chi connectivity index (χ2v) is 3.82. The molecule has 1 saturated heterocycles. The Morgan fingerprint density at radius 3 is 2.79 bits per heavy atom. The lowest BCUT2D eigenvalue weighted by molar-refractivity contribution is 0.206. The van der Waals surface area contributed by atoms with Gasteiger partial charge in [-0.1, -0.05) is 0 Å². The summed E-state index contributed by atoms with van der Waals surface area (Å²) < 4.78 is 5.68. The maximum absolute atomic E-state index is 5.68. The summed E-state index contributed by atoms with van der Waals surface area (Å²) in [5.41, 5.74) is 0. The molecule has 1 aromatic heterocycles. The quantitative estimate of drug-likeness (QED) is 0.693. The minimum atomic E-state index is 0.251. The fourth-order valence-corrected chi connectivity index (χ4v) is 1.64. The number of likely N-dealkylation sites (tertiary alicyclic amines) is 1. The third-order valence-electron chi connectivity index (χ3n) is 2.25. The molecule has 0 aromatic carbocycles. The fraction of sp³-hybridized carbons (Fsp3) is 0.556. The van der Waals surface area contributed by atoms with Gasteiger partial charge in [0.05, 0.1) is 12.4 Å². The van der Waals surface area contributed by atoms with Gasteiger partial charge >= 0.3 is 0 Å². The summed E-state index contributed by atoms with van der Waals surface area (Å²) in [7, 11) is 2.09. The van der Waals surface area contributed by atoms with Gasteiger partial charge in [-0.25, -0.2) is 9.97 Å². The number of ether oxygens (including phenoxy) is 1. The van der Waals surface area contributed by atoms with Crippen LogP contribution in [0.15, 0.2) is 12.4 Å². The van der Waals surface area contributed by atoms with Crippen molar-refractivity contribution in [3.05, 3.63) is 17.7 Å². The van der Waals surface area contributed by atoms with E-state index >= 15 is 0 Å². The van der Waals surface area contributed by atoms with E-state index in [-0.39, 0.29) is 11.4 Å². The van der Waals surface area contributed by atoms with Crippen LogP contribution in [0.1, 0.15) is 6.42 Å². The van der Waals surface area contributed by atoms with Crippen LogP contribution in [0.5, 0.6) is 5.75 Å². The van der Waals surface area contributed by atoms with Gasteiger partial charge in [-0.15, -0.1) is 0 Å². The molecule has 14 heavy (non-hydrogen) atoms. The molecule has 5 heteroatoms. The average molecular weight is 214 g/mol. The molecule has 1 aliphatic heterocycles. The Morgan fingerprint density at radius 1 is 1.50 bits per heavy atom. The van der Waals surface area contributed by atoms with Gasteiger partial charge in [-0.05, 0) is 25.1 Å². The topological polar surface area (TPSA) is 38.2 Å². The molecule has 0 radical (unpaired) electrons. The highest BCUT2D eigenvalue weighted by Gasteiger charge is 2.20. The number of aromatic nitrogens is 2. The average Bonchev–Trinajstić information content (AvgIpc) is 2.56. The van der Waals surface area contributed by atoms with Gasteiger partial charge in [0.25, 0.3) is 0 Å². The normalized spacial score (nSPS) is 22.6. The van der Waals surface area contributed by atoms with E-state index in [1.807, 2.05) is 0 Å². The van der Waals surface area contributed by atoms with E-state index in [0.29, 0.717) is 5.75 Å². The molecule has 0 saturated carbocycles. The van der Waals surface area contributed by atoms with Gasteiger partial charge in [0, 0.05) is 13.1 Å². The summed E-state index contributed by atoms with van der Waals surface area (Å²) >= 11 is 5.57. The van der Waals surface area contributed by atoms with Gasteiger partial charge in [0.2, 0.25) is 5.28 Å². The molecule has 1 fully saturated rings. The standard InChI is InChI=1S/C9H12ClN3O/c1-13-3-2-7(6-13)14-8-4-11-9(10)12-5-8/h4-5,7H,2-3,6H2,1H3. The summed E-state index contributed by atoms with van der Waals surface area (Å²) in [6.07, 6.45) is 4.52. The first-order valence-corrected chi connectivity index (χ1v) is 4.94. The van der Waals surface area contributed by atoms with E-state index in [9.17, 15) is 0 Å². The molecule has 1 aromatic rings. The van der Waals surface area contributed by atoms with Crippen molar-refractivity contribution in [2.45, 2.75) is 12.5 Å². The molecule has 0 spiro atoms. The van der Waals surface area contributed by atoms with E-state index in [1.165, 1.54) is 0 Å². The highest BCUT2D eigenvalue weighted by molar-refractivity contribution is 6.28. The van der Waals surface area contributed by atoms with E-state index in [4.69, 9.17) is 16.3 Å². The van der Waals surface area contributed by atoms with E-state index in [2.05, 4.69) is 21.9 Å². The van der Waals surface area contributed by atoms with Crippen LogP contribution in [0, 0.1) is 0 Å². The molecule has 1 aliphatic rings. The van der Waals surface area contributed by atoms with Gasteiger partial charge in [-0.2, -0.15) is 0 Å². The van der Waals surface area contributed by atoms with Crippen LogP contribution < -0.4 is 4.74 Å². The van der Waals surface area contributed by atoms with Gasteiger partial charge in [0.15, 0.2) is 5.75 Å². The molecule has 0 N–H and O–H groups in total. The predicted octanol–water partition coefficient (Wildman–Crippen LogP) is 1.21. The predicted molar refractivity (Wildman–Crippen MR) is 53.6 cm³/mol. The van der Waals surface area contributed by atoms with E-state index in [1.54, 1.807) is 12.4 Å². The van der Waals surface area contributed by atoms with Crippen LogP contribution in [-0.2, 0) is 0 Å². The lowest BCUT2D eigenvalue weighted by Crippen LogP contribution is -2.21. The first-order chi connectivity index (χ1) is 6.74. The van der Waals surface area contributed by atoms with Gasteiger partial charge < -0.3 is 9.64 Å². The molecular weight excluding hydrogens is 202 g/mol. The highest BCUT2D eigenvalue weighted by Crippen LogP contribution is 2.16. The zero-order valence-electron chi connectivity index (χ0n) is 7.98. The molecule has 0 amide bonds. The summed E-state index contributed by atoms with van der Waals surface area (Å²) in [6, 6.07) is 0. The summed E-state index contributed by atoms with van der Waals surface area (Å²) in [6.45, 7) is 2.04. The van der Waals surface area contributed by atoms with Crippen LogP contribution in [0.4, 0.5) is 0 Å². The Labute approximate surface area is 87.9 Å². The monoisotopic (exact) mass is 213 g/mol. The number of rotatable bonds is 2. The van der Waals surface area contributed by atoms with E-state index < -0.39 is 0 Å². The van der Waals surface area contributed by atoms with Crippen LogP contribution in [0.25, 0.3) is 0 Å². The first kappa shape index (κ1) is 9.68. The van der Waals surface area contributed by atoms with Crippen LogP contribution in [0.3, 0.4) is 0 Å². The SMILES string of the molecule is CN1CCC(Oc2cnc(Cl)nc2)C1. The van der Waals surface area contributed by atoms with Crippen molar-refractivity contribution in [3.8, 4) is 5.75 Å². The largest absolute Gasteiger partial charge is 0.486 e. The zero-order chi connectivity index (χ0) is 9.97. The number of hydrogen-bond acceptors (Lipinski definition) is 4. The van der Waals surface area contributed by atoms with Crippen molar-refractivity contribution < 1.29 is 4.74 Å². The van der Waals surface area contributed by atoms with Crippen molar-refractivity contribution in [2.24, 2.45) is 0 Å². The minimum Gasteiger partial charge on any atom is -0.486 e. The number of halogens is 1. The molecule has 4 nitrogen and oxygen atoms in total. The first-order valence-electron chi connectivity index (χ1n) is 4.57. The Balaban J connectivity index is 1.94. The fourth-order valence-electron chi connectivity index (χ4n) is 1.54. The maximum atomic E-state index is 5.68. The smallest absolute Gasteiger partial charge is 0.222 e. The molecule has 1 unspecified atom stereocenters. The zero-order valence-corrected chi connectivity index (χ0v) is 8.74. The van der Waals surface area contributed by atoms with Crippen molar-refractivity contribution in [1.29, 1.82) is 0 Å². The maximum Gasteiger partial charge on any atom is 0.222 e. The molecule has 0 bridgehead atoms. The number of likely N-dealkylation sites (N-methyl/N-ethyl adjacent to an activating group) is 1. The minimum absolute atomic E-state index is 0.251. The second-order valence-electron chi connectivity index (χ2n) is 3.48. The van der Waals surface area contributed by atoms with Crippen molar-refractivity contribution in [3.63, 3.8) is 0 Å². The second kappa shape index (κ2) is 4.11. The Bertz CT molecular complexity index is 303. The van der Waals surface area contributed by atoms with Gasteiger partial charge in [-0.3, -0.25) is 0 Å². The Hall–Kier alpha value is -0.870. The Morgan fingerprint density at radius 2 is 2.21 bits per heavy atom. The van der Waals surface area contributed by atoms with Crippen molar-refractivity contribution in [2.75, 3.05) is 20.1 Å². The van der Waals surface area contributed by atoms with E-state index in [0.717, 1.165) is 19.5 Å². The molecule has 76 valence electrons. The number of hydrogen-bond donors (Lipinski definition) is 0. The lowest BCUT2D eigenvalue weighted by Gasteiger charge is -2.12. The highest BCUT2D eigenvalue weighted by atomic mass is 35.5. The lowest BCUT2D eigenvalue weighted by atomic mass is 10.3. The van der Waals surface area contributed by atoms with Crippen molar-refractivity contribution in [1.82, 2.24) is 14.9 Å². The van der Waals surface area contributed by atoms with Gasteiger partial charge in [0.1, 0.15) is 6.10 Å². The molecule has 0 aliphatic carbocycles. The molecule has 2 heterocycles. The van der Waals surface area contributed by atoms with Crippen molar-refractivity contribution >= 4 is 11.6 Å². The summed E-state index contributed by atoms with van der Waals surface area (Å²) in [4.78, 5) is 9.95. The molecule has 2 rings (SSSR count). The van der Waals surface area contributed by atoms with Crippen LogP contribution in [0.2, 0.25) is 5.28 Å². The number of nitrogens with zero attached hydrogens (tertiary/aromatic N) is 3. The Kier molecular flexibility index (Phi) is 2.84. The summed E-state index contributed by atoms with van der Waals surface area (Å²) in [5, 5.41) is 0.251. The molecule has 1 atom stereocenters. The third kappa shape index (κ3) is 2.33. The third-order valence-corrected chi connectivity index (χ3v) is 2.44.